The molecule has 0 aliphatic rings. The lowest BCUT2D eigenvalue weighted by molar-refractivity contribution is -0.116. The first kappa shape index (κ1) is 21.8. The zero-order valence-electron chi connectivity index (χ0n) is 17.5. The first-order chi connectivity index (χ1) is 15.5. The Labute approximate surface area is 194 Å². The molecule has 0 atom stereocenters. The summed E-state index contributed by atoms with van der Waals surface area (Å²) in [6.45, 7) is 6.35. The summed E-state index contributed by atoms with van der Waals surface area (Å²) in [7, 11) is 0. The second kappa shape index (κ2) is 9.84. The number of anilines is 1. The summed E-state index contributed by atoms with van der Waals surface area (Å²) in [6, 6.07) is 8.02. The average molecular weight is 467 g/mol. The summed E-state index contributed by atoms with van der Waals surface area (Å²) in [4.78, 5) is 21.1. The van der Waals surface area contributed by atoms with E-state index in [0.717, 1.165) is 17.1 Å². The van der Waals surface area contributed by atoms with E-state index in [1.54, 1.807) is 12.3 Å². The number of aromatic nitrogens is 5. The van der Waals surface area contributed by atoms with Crippen LogP contribution in [0.5, 0.6) is 0 Å². The van der Waals surface area contributed by atoms with E-state index in [1.807, 2.05) is 41.1 Å². The minimum absolute atomic E-state index is 0.143. The third-order valence-corrected chi connectivity index (χ3v) is 5.86. The Balaban J connectivity index is 1.31. The lowest BCUT2D eigenvalue weighted by Crippen LogP contribution is -2.12. The molecule has 0 saturated heterocycles. The molecular weight excluding hydrogens is 444 g/mol. The lowest BCUT2D eigenvalue weighted by atomic mass is 10.1. The first-order valence-electron chi connectivity index (χ1n) is 10.0. The van der Waals surface area contributed by atoms with Gasteiger partial charge in [-0.05, 0) is 19.1 Å². The van der Waals surface area contributed by atoms with E-state index in [9.17, 15) is 4.79 Å². The second-order valence-electron chi connectivity index (χ2n) is 7.20. The number of carbonyl (C=O) groups excluding carboxylic acids is 1. The Bertz CT molecular complexity index is 1280. The Morgan fingerprint density at radius 2 is 2.19 bits per heavy atom. The van der Waals surface area contributed by atoms with Gasteiger partial charge in [-0.25, -0.2) is 9.97 Å². The molecular formula is C22H22N6O2S2. The van der Waals surface area contributed by atoms with Crippen molar-refractivity contribution in [1.82, 2.24) is 24.7 Å². The number of nitrogens with zero attached hydrogens (tertiary/aromatic N) is 4. The van der Waals surface area contributed by atoms with Gasteiger partial charge in [-0.3, -0.25) is 14.5 Å². The number of hydrogen-bond donors (Lipinski definition) is 2. The van der Waals surface area contributed by atoms with Crippen molar-refractivity contribution < 1.29 is 9.21 Å². The monoisotopic (exact) mass is 466 g/mol. The molecule has 0 aliphatic heterocycles. The third-order valence-electron chi connectivity index (χ3n) is 4.74. The number of nitrogens with one attached hydrogen (secondary N) is 2. The molecule has 32 heavy (non-hydrogen) atoms. The smallest absolute Gasteiger partial charge is 0.226 e. The summed E-state index contributed by atoms with van der Waals surface area (Å²) in [5, 5.41) is 12.3. The summed E-state index contributed by atoms with van der Waals surface area (Å²) < 4.78 is 8.19. The van der Waals surface area contributed by atoms with E-state index in [1.165, 1.54) is 16.9 Å². The molecule has 0 unspecified atom stereocenters. The fraction of sp³-hybridized carbons (Fsp3) is 0.227. The number of allylic oxidation sites excluding steroid dienone is 1. The van der Waals surface area contributed by atoms with Crippen LogP contribution < -0.4 is 5.32 Å². The second-order valence-corrected chi connectivity index (χ2v) is 8.44. The number of aryl methyl sites for hydroxylation is 2. The van der Waals surface area contributed by atoms with Crippen molar-refractivity contribution in [3.63, 3.8) is 0 Å². The average Bonchev–Trinajstić information content (AvgIpc) is 3.50. The Morgan fingerprint density at radius 3 is 2.97 bits per heavy atom. The number of aromatic amines is 1. The van der Waals surface area contributed by atoms with Crippen LogP contribution in [0.1, 0.15) is 29.4 Å². The maximum atomic E-state index is 12.4. The number of hydrogen-bond acceptors (Lipinski definition) is 7. The molecule has 0 spiro atoms. The van der Waals surface area contributed by atoms with Gasteiger partial charge in [0.1, 0.15) is 5.82 Å². The van der Waals surface area contributed by atoms with Gasteiger partial charge in [0.15, 0.2) is 21.6 Å². The molecule has 3 aromatic heterocycles. The van der Waals surface area contributed by atoms with E-state index in [2.05, 4.69) is 32.1 Å². The number of H-pyrrole nitrogens is 1. The topological polar surface area (TPSA) is 102 Å². The van der Waals surface area contributed by atoms with E-state index in [-0.39, 0.29) is 12.3 Å². The first-order valence-corrected chi connectivity index (χ1v) is 11.3. The molecule has 0 bridgehead atoms. The predicted molar refractivity (Wildman–Crippen MR) is 126 cm³/mol. The van der Waals surface area contributed by atoms with Crippen LogP contribution >= 0.6 is 23.6 Å². The highest BCUT2D eigenvalue weighted by molar-refractivity contribution is 7.71. The third kappa shape index (κ3) is 5.27. The highest BCUT2D eigenvalue weighted by atomic mass is 32.1. The molecule has 164 valence electrons. The summed E-state index contributed by atoms with van der Waals surface area (Å²) in [5.74, 6) is 1.85. The van der Waals surface area contributed by atoms with Gasteiger partial charge in [-0.2, -0.15) is 5.10 Å². The maximum absolute atomic E-state index is 12.4. The maximum Gasteiger partial charge on any atom is 0.226 e. The van der Waals surface area contributed by atoms with Crippen molar-refractivity contribution in [2.24, 2.45) is 0 Å². The summed E-state index contributed by atoms with van der Waals surface area (Å²) in [6.07, 6.45) is 4.62. The van der Waals surface area contributed by atoms with Crippen LogP contribution in [0.15, 0.2) is 52.9 Å². The fourth-order valence-electron chi connectivity index (χ4n) is 3.09. The van der Waals surface area contributed by atoms with Crippen molar-refractivity contribution >= 4 is 34.6 Å². The number of oxazole rings is 1. The quantitative estimate of drug-likeness (QED) is 0.274. The number of thiazole rings is 1. The Hall–Kier alpha value is -3.37. The Morgan fingerprint density at radius 1 is 1.38 bits per heavy atom. The molecule has 0 radical (unpaired) electrons. The van der Waals surface area contributed by atoms with Crippen LogP contribution in [-0.4, -0.2) is 30.6 Å². The van der Waals surface area contributed by atoms with Crippen molar-refractivity contribution in [3.8, 4) is 11.3 Å². The van der Waals surface area contributed by atoms with Gasteiger partial charge < -0.3 is 9.73 Å². The molecule has 4 aromatic rings. The molecule has 10 heteroatoms. The molecule has 0 saturated carbocycles. The normalized spacial score (nSPS) is 10.9. The predicted octanol–water partition coefficient (Wildman–Crippen LogP) is 4.71. The minimum atomic E-state index is -0.143. The molecule has 4 rings (SSSR count). The van der Waals surface area contributed by atoms with Gasteiger partial charge in [-0.1, -0.05) is 35.9 Å². The van der Waals surface area contributed by atoms with Crippen LogP contribution in [-0.2, 0) is 24.2 Å². The zero-order valence-corrected chi connectivity index (χ0v) is 19.1. The molecule has 2 N–H and O–H groups in total. The van der Waals surface area contributed by atoms with Gasteiger partial charge >= 0.3 is 0 Å². The van der Waals surface area contributed by atoms with E-state index >= 15 is 0 Å². The van der Waals surface area contributed by atoms with Gasteiger partial charge in [-0.15, -0.1) is 17.9 Å². The van der Waals surface area contributed by atoms with Crippen molar-refractivity contribution in [1.29, 1.82) is 0 Å². The summed E-state index contributed by atoms with van der Waals surface area (Å²) >= 11 is 6.60. The van der Waals surface area contributed by atoms with Crippen LogP contribution in [0.25, 0.3) is 11.3 Å². The Kier molecular flexibility index (Phi) is 6.72. The number of benzene rings is 1. The van der Waals surface area contributed by atoms with Crippen LogP contribution in [0.3, 0.4) is 0 Å². The highest BCUT2D eigenvalue weighted by Crippen LogP contribution is 2.22. The van der Waals surface area contributed by atoms with Crippen molar-refractivity contribution in [2.75, 3.05) is 5.32 Å². The fourth-order valence-corrected chi connectivity index (χ4v) is 4.04. The van der Waals surface area contributed by atoms with E-state index < -0.39 is 0 Å². The van der Waals surface area contributed by atoms with Gasteiger partial charge in [0.2, 0.25) is 5.91 Å². The van der Waals surface area contributed by atoms with Crippen LogP contribution in [0.2, 0.25) is 0 Å². The lowest BCUT2D eigenvalue weighted by Gasteiger charge is -2.02. The summed E-state index contributed by atoms with van der Waals surface area (Å²) in [5.41, 5.74) is 2.95. The standard InChI is InChI=1S/C22H22N6O2S2/c1-3-10-28-18(26-27-22(28)31)11-16-13-32-21(24-16)25-19(29)8-9-20-23-12-17(30-20)15-6-4-14(2)5-7-15/h3-7,12-13H,1,8-11H2,2H3,(H,27,31)(H,24,25,29). The molecule has 3 heterocycles. The highest BCUT2D eigenvalue weighted by Gasteiger charge is 2.13. The molecule has 0 fully saturated rings. The van der Waals surface area contributed by atoms with Crippen LogP contribution in [0.4, 0.5) is 5.13 Å². The van der Waals surface area contributed by atoms with Crippen molar-refractivity contribution in [2.45, 2.75) is 32.7 Å². The zero-order chi connectivity index (χ0) is 22.5. The van der Waals surface area contributed by atoms with Crippen molar-refractivity contribution in [3.05, 3.63) is 76.2 Å². The van der Waals surface area contributed by atoms with Gasteiger partial charge in [0.05, 0.1) is 18.3 Å². The van der Waals surface area contributed by atoms with E-state index in [0.29, 0.717) is 40.9 Å². The molecule has 0 aliphatic carbocycles. The number of rotatable bonds is 9. The number of carbonyl (C=O) groups is 1. The SMILES string of the molecule is C=CCn1c(Cc2csc(NC(=O)CCc3ncc(-c4ccc(C)cc4)o3)n2)n[nH]c1=S. The molecule has 1 aromatic carbocycles. The minimum Gasteiger partial charge on any atom is -0.441 e. The van der Waals surface area contributed by atoms with Gasteiger partial charge in [0.25, 0.3) is 0 Å². The largest absolute Gasteiger partial charge is 0.441 e. The number of amides is 1. The van der Waals surface area contributed by atoms with E-state index in [4.69, 9.17) is 16.6 Å². The van der Waals surface area contributed by atoms with Crippen LogP contribution in [0, 0.1) is 11.7 Å². The molecule has 1 amide bonds. The van der Waals surface area contributed by atoms with Gasteiger partial charge in [0, 0.05) is 30.3 Å². The molecule has 8 nitrogen and oxygen atoms in total.